The predicted octanol–water partition coefficient (Wildman–Crippen LogP) is 3.83. The molecule has 0 saturated heterocycles. The molecule has 0 aliphatic rings. The number of fused-ring (bicyclic) bond motifs is 1. The lowest BCUT2D eigenvalue weighted by molar-refractivity contribution is -0.137. The van der Waals surface area contributed by atoms with Gasteiger partial charge >= 0.3 is 5.97 Å². The van der Waals surface area contributed by atoms with Crippen molar-refractivity contribution in [2.24, 2.45) is 0 Å². The Morgan fingerprint density at radius 2 is 1.83 bits per heavy atom. The average Bonchev–Trinajstić information content (AvgIpc) is 2.70. The Labute approximate surface area is 177 Å². The van der Waals surface area contributed by atoms with Crippen LogP contribution in [0.15, 0.2) is 53.6 Å². The first-order chi connectivity index (χ1) is 13.7. The Hall–Kier alpha value is -2.39. The number of pyridine rings is 1. The molecule has 2 aromatic carbocycles. The number of aromatic nitrogens is 1. The number of halogens is 2. The van der Waals surface area contributed by atoms with Crippen molar-refractivity contribution in [3.8, 4) is 5.75 Å². The van der Waals surface area contributed by atoms with E-state index < -0.39 is 22.5 Å². The first-order valence-electron chi connectivity index (χ1n) is 8.31. The molecular formula is C19H16Cl2N2O5S. The van der Waals surface area contributed by atoms with E-state index in [1.807, 2.05) is 0 Å². The zero-order valence-electron chi connectivity index (χ0n) is 15.2. The van der Waals surface area contributed by atoms with Gasteiger partial charge in [0.15, 0.2) is 0 Å². The van der Waals surface area contributed by atoms with Gasteiger partial charge in [-0.3, -0.25) is 4.79 Å². The number of carboxylic acids is 1. The molecule has 0 spiro atoms. The van der Waals surface area contributed by atoms with Crippen molar-refractivity contribution in [3.05, 3.63) is 64.4 Å². The Bertz CT molecular complexity index is 1170. The first-order valence-corrected chi connectivity index (χ1v) is 10.5. The molecule has 7 nitrogen and oxygen atoms in total. The summed E-state index contributed by atoms with van der Waals surface area (Å²) in [6.07, 6.45) is 1.38. The molecule has 1 aromatic heterocycles. The van der Waals surface area contributed by atoms with Gasteiger partial charge in [-0.2, -0.15) is 4.31 Å². The molecule has 0 bridgehead atoms. The third-order valence-electron chi connectivity index (χ3n) is 4.23. The average molecular weight is 455 g/mol. The SMILES string of the molecule is COc1ccc(CN(CC(=O)O)S(=O)(=O)c2ccc3c(Cl)cnc(Cl)c3c2)cc1. The molecule has 0 radical (unpaired) electrons. The van der Waals surface area contributed by atoms with Crippen LogP contribution in [0, 0.1) is 0 Å². The van der Waals surface area contributed by atoms with E-state index in [0.29, 0.717) is 27.1 Å². The van der Waals surface area contributed by atoms with Crippen molar-refractivity contribution in [1.82, 2.24) is 9.29 Å². The fraction of sp³-hybridized carbons (Fsp3) is 0.158. The highest BCUT2D eigenvalue weighted by atomic mass is 35.5. The Kier molecular flexibility index (Phi) is 6.28. The lowest BCUT2D eigenvalue weighted by Gasteiger charge is -2.21. The maximum atomic E-state index is 13.2. The standard InChI is InChI=1S/C19H16Cl2N2O5S/c1-28-13-4-2-12(3-5-13)10-23(11-18(24)25)29(26,27)14-6-7-15-16(8-14)19(21)22-9-17(15)20/h2-9H,10-11H2,1H3,(H,24,25). The highest BCUT2D eigenvalue weighted by Crippen LogP contribution is 2.31. The molecule has 0 aliphatic heterocycles. The summed E-state index contributed by atoms with van der Waals surface area (Å²) in [6, 6.07) is 10.9. The molecule has 152 valence electrons. The number of nitrogens with zero attached hydrogens (tertiary/aromatic N) is 2. The van der Waals surface area contributed by atoms with Gasteiger partial charge in [0.1, 0.15) is 17.4 Å². The zero-order valence-corrected chi connectivity index (χ0v) is 17.5. The predicted molar refractivity (Wildman–Crippen MR) is 110 cm³/mol. The highest BCUT2D eigenvalue weighted by Gasteiger charge is 2.27. The molecule has 0 amide bonds. The van der Waals surface area contributed by atoms with Crippen LogP contribution in [0.25, 0.3) is 10.8 Å². The number of sulfonamides is 1. The third kappa shape index (κ3) is 4.62. The second-order valence-corrected chi connectivity index (χ2v) is 8.82. The van der Waals surface area contributed by atoms with E-state index in [-0.39, 0.29) is 16.6 Å². The van der Waals surface area contributed by atoms with E-state index in [0.717, 1.165) is 4.31 Å². The highest BCUT2D eigenvalue weighted by molar-refractivity contribution is 7.89. The minimum absolute atomic E-state index is 0.0985. The van der Waals surface area contributed by atoms with Gasteiger partial charge in [-0.05, 0) is 29.8 Å². The number of hydrogen-bond donors (Lipinski definition) is 1. The van der Waals surface area contributed by atoms with Crippen molar-refractivity contribution in [2.75, 3.05) is 13.7 Å². The van der Waals surface area contributed by atoms with Gasteiger partial charge < -0.3 is 9.84 Å². The molecular weight excluding hydrogens is 439 g/mol. The van der Waals surface area contributed by atoms with Crippen LogP contribution in [0.3, 0.4) is 0 Å². The molecule has 3 rings (SSSR count). The van der Waals surface area contributed by atoms with Crippen LogP contribution >= 0.6 is 23.2 Å². The zero-order chi connectivity index (χ0) is 21.2. The van der Waals surface area contributed by atoms with Gasteiger partial charge in [-0.15, -0.1) is 0 Å². The van der Waals surface area contributed by atoms with Gasteiger partial charge in [0, 0.05) is 23.5 Å². The molecule has 1 N–H and O–H groups in total. The van der Waals surface area contributed by atoms with E-state index in [9.17, 15) is 18.3 Å². The van der Waals surface area contributed by atoms with E-state index >= 15 is 0 Å². The minimum Gasteiger partial charge on any atom is -0.497 e. The van der Waals surface area contributed by atoms with Crippen LogP contribution in [0.1, 0.15) is 5.56 Å². The van der Waals surface area contributed by atoms with Crippen LogP contribution in [-0.2, 0) is 21.4 Å². The number of aliphatic carboxylic acids is 1. The summed E-state index contributed by atoms with van der Waals surface area (Å²) in [5.41, 5.74) is 0.610. The monoisotopic (exact) mass is 454 g/mol. The van der Waals surface area contributed by atoms with Crippen LogP contribution in [0.4, 0.5) is 0 Å². The lowest BCUT2D eigenvalue weighted by atomic mass is 10.2. The Morgan fingerprint density at radius 1 is 1.14 bits per heavy atom. The van der Waals surface area contributed by atoms with Crippen LogP contribution in [0.5, 0.6) is 5.75 Å². The van der Waals surface area contributed by atoms with Gasteiger partial charge in [0.25, 0.3) is 0 Å². The van der Waals surface area contributed by atoms with Gasteiger partial charge in [-0.25, -0.2) is 13.4 Å². The summed E-state index contributed by atoms with van der Waals surface area (Å²) in [4.78, 5) is 15.1. The smallest absolute Gasteiger partial charge is 0.318 e. The normalized spacial score (nSPS) is 11.7. The molecule has 10 heteroatoms. The first kappa shape index (κ1) is 21.3. The maximum Gasteiger partial charge on any atom is 0.318 e. The summed E-state index contributed by atoms with van der Waals surface area (Å²) >= 11 is 12.2. The lowest BCUT2D eigenvalue weighted by Crippen LogP contribution is -2.35. The van der Waals surface area contributed by atoms with Crippen molar-refractivity contribution in [1.29, 1.82) is 0 Å². The Morgan fingerprint density at radius 3 is 2.45 bits per heavy atom. The molecule has 0 saturated carbocycles. The van der Waals surface area contributed by atoms with Crippen molar-refractivity contribution < 1.29 is 23.1 Å². The van der Waals surface area contributed by atoms with E-state index in [4.69, 9.17) is 27.9 Å². The van der Waals surface area contributed by atoms with E-state index in [1.165, 1.54) is 31.5 Å². The number of carbonyl (C=O) groups is 1. The number of carboxylic acid groups (broad SMARTS) is 1. The van der Waals surface area contributed by atoms with Crippen molar-refractivity contribution >= 4 is 50.0 Å². The third-order valence-corrected chi connectivity index (χ3v) is 6.62. The second kappa shape index (κ2) is 8.54. The molecule has 0 fully saturated rings. The summed E-state index contributed by atoms with van der Waals surface area (Å²) < 4.78 is 32.3. The van der Waals surface area contributed by atoms with Crippen LogP contribution in [0.2, 0.25) is 10.2 Å². The largest absolute Gasteiger partial charge is 0.497 e. The molecule has 1 heterocycles. The number of methoxy groups -OCH3 is 1. The molecule has 29 heavy (non-hydrogen) atoms. The van der Waals surface area contributed by atoms with Gasteiger partial charge in [0.05, 0.1) is 17.0 Å². The van der Waals surface area contributed by atoms with Gasteiger partial charge in [-0.1, -0.05) is 41.4 Å². The minimum atomic E-state index is -4.14. The number of ether oxygens (including phenoxy) is 1. The van der Waals surface area contributed by atoms with E-state index in [1.54, 1.807) is 24.3 Å². The summed E-state index contributed by atoms with van der Waals surface area (Å²) in [6.45, 7) is -0.827. The fourth-order valence-electron chi connectivity index (χ4n) is 2.78. The fourth-order valence-corrected chi connectivity index (χ4v) is 4.60. The quantitative estimate of drug-likeness (QED) is 0.544. The van der Waals surface area contributed by atoms with Gasteiger partial charge in [0.2, 0.25) is 10.0 Å². The van der Waals surface area contributed by atoms with E-state index in [2.05, 4.69) is 4.98 Å². The number of rotatable bonds is 7. The van der Waals surface area contributed by atoms with Crippen LogP contribution < -0.4 is 4.74 Å². The number of benzene rings is 2. The van der Waals surface area contributed by atoms with Crippen molar-refractivity contribution in [2.45, 2.75) is 11.4 Å². The summed E-state index contributed by atoms with van der Waals surface area (Å²) in [5.74, 6) is -0.666. The molecule has 3 aromatic rings. The topological polar surface area (TPSA) is 96.8 Å². The van der Waals surface area contributed by atoms with Crippen molar-refractivity contribution in [3.63, 3.8) is 0 Å². The summed E-state index contributed by atoms with van der Waals surface area (Å²) in [5, 5.41) is 10.6. The molecule has 0 atom stereocenters. The molecule has 0 unspecified atom stereocenters. The number of hydrogen-bond acceptors (Lipinski definition) is 5. The Balaban J connectivity index is 2.02. The second-order valence-electron chi connectivity index (χ2n) is 6.12. The van der Waals surface area contributed by atoms with Crippen LogP contribution in [-0.4, -0.2) is 42.4 Å². The maximum absolute atomic E-state index is 13.2. The summed E-state index contributed by atoms with van der Waals surface area (Å²) in [7, 11) is -2.62. The molecule has 0 aliphatic carbocycles.